The normalized spacial score (nSPS) is 11.2. The van der Waals surface area contributed by atoms with Gasteiger partial charge in [0.1, 0.15) is 5.82 Å². The summed E-state index contributed by atoms with van der Waals surface area (Å²) in [5.74, 6) is 0.587. The van der Waals surface area contributed by atoms with Crippen LogP contribution in [0.3, 0.4) is 0 Å². The summed E-state index contributed by atoms with van der Waals surface area (Å²) >= 11 is 0. The average Bonchev–Trinajstić information content (AvgIpc) is 2.37. The summed E-state index contributed by atoms with van der Waals surface area (Å²) in [6.45, 7) is 2.23. The van der Waals surface area contributed by atoms with Crippen LogP contribution in [-0.2, 0) is 0 Å². The fourth-order valence-corrected chi connectivity index (χ4v) is 2.14. The maximum atomic E-state index is 12.6. The van der Waals surface area contributed by atoms with Crippen molar-refractivity contribution in [2.75, 3.05) is 24.5 Å². The summed E-state index contributed by atoms with van der Waals surface area (Å²) in [5, 5.41) is 1.01. The standard InChI is InChI=1S/C14H17F2N3/c1-10-8-11-4-2-3-5-12(11)18-14(10)19(7-6-17)9-13(15)16/h2-5,8,13H,6-7,9,17H2,1H3. The molecule has 0 unspecified atom stereocenters. The molecule has 1 aromatic heterocycles. The molecule has 0 saturated carbocycles. The van der Waals surface area contributed by atoms with E-state index in [9.17, 15) is 8.78 Å². The Kier molecular flexibility index (Phi) is 4.27. The number of pyridine rings is 1. The number of halogens is 2. The number of aromatic nitrogens is 1. The van der Waals surface area contributed by atoms with Gasteiger partial charge in [0.2, 0.25) is 0 Å². The topological polar surface area (TPSA) is 42.2 Å². The van der Waals surface area contributed by atoms with E-state index in [2.05, 4.69) is 4.98 Å². The maximum absolute atomic E-state index is 12.6. The zero-order valence-electron chi connectivity index (χ0n) is 10.8. The van der Waals surface area contributed by atoms with E-state index in [-0.39, 0.29) is 6.54 Å². The second-order valence-electron chi connectivity index (χ2n) is 4.45. The van der Waals surface area contributed by atoms with Crippen molar-refractivity contribution < 1.29 is 8.78 Å². The average molecular weight is 265 g/mol. The first-order valence-corrected chi connectivity index (χ1v) is 6.21. The van der Waals surface area contributed by atoms with Crippen molar-refractivity contribution in [1.29, 1.82) is 0 Å². The Hall–Kier alpha value is -1.75. The first-order valence-electron chi connectivity index (χ1n) is 6.21. The highest BCUT2D eigenvalue weighted by Crippen LogP contribution is 2.23. The van der Waals surface area contributed by atoms with E-state index in [0.717, 1.165) is 16.5 Å². The number of hydrogen-bond acceptors (Lipinski definition) is 3. The fourth-order valence-electron chi connectivity index (χ4n) is 2.14. The number of para-hydroxylation sites is 1. The van der Waals surface area contributed by atoms with Gasteiger partial charge in [-0.15, -0.1) is 0 Å². The fraction of sp³-hybridized carbons (Fsp3) is 0.357. The Balaban J connectivity index is 2.43. The molecule has 19 heavy (non-hydrogen) atoms. The van der Waals surface area contributed by atoms with Gasteiger partial charge >= 0.3 is 0 Å². The Labute approximate surface area is 111 Å². The van der Waals surface area contributed by atoms with Crippen LogP contribution in [0.25, 0.3) is 10.9 Å². The van der Waals surface area contributed by atoms with Gasteiger partial charge in [0, 0.05) is 18.5 Å². The van der Waals surface area contributed by atoms with Gasteiger partial charge < -0.3 is 10.6 Å². The molecule has 0 saturated heterocycles. The molecule has 0 spiro atoms. The minimum Gasteiger partial charge on any atom is -0.349 e. The van der Waals surface area contributed by atoms with Crippen molar-refractivity contribution in [2.45, 2.75) is 13.3 Å². The molecule has 0 amide bonds. The van der Waals surface area contributed by atoms with Crippen LogP contribution in [0.1, 0.15) is 5.56 Å². The summed E-state index contributed by atoms with van der Waals surface area (Å²) in [5.41, 5.74) is 7.18. The number of hydrogen-bond donors (Lipinski definition) is 1. The maximum Gasteiger partial charge on any atom is 0.255 e. The molecule has 0 aliphatic carbocycles. The van der Waals surface area contributed by atoms with Gasteiger partial charge in [-0.3, -0.25) is 0 Å². The van der Waals surface area contributed by atoms with Crippen LogP contribution in [0.4, 0.5) is 14.6 Å². The third-order valence-electron chi connectivity index (χ3n) is 2.94. The molecule has 102 valence electrons. The van der Waals surface area contributed by atoms with Gasteiger partial charge in [-0.1, -0.05) is 18.2 Å². The smallest absolute Gasteiger partial charge is 0.255 e. The first-order chi connectivity index (χ1) is 9.11. The number of alkyl halides is 2. The monoisotopic (exact) mass is 265 g/mol. The van der Waals surface area contributed by atoms with Crippen LogP contribution in [0.15, 0.2) is 30.3 Å². The van der Waals surface area contributed by atoms with Gasteiger partial charge in [-0.2, -0.15) is 0 Å². The van der Waals surface area contributed by atoms with Crippen molar-refractivity contribution in [3.63, 3.8) is 0 Å². The van der Waals surface area contributed by atoms with Crippen LogP contribution >= 0.6 is 0 Å². The van der Waals surface area contributed by atoms with Crippen LogP contribution in [0, 0.1) is 6.92 Å². The molecule has 0 bridgehead atoms. The van der Waals surface area contributed by atoms with E-state index in [4.69, 9.17) is 5.73 Å². The minimum absolute atomic E-state index is 0.320. The molecular formula is C14H17F2N3. The minimum atomic E-state index is -2.40. The third-order valence-corrected chi connectivity index (χ3v) is 2.94. The number of fused-ring (bicyclic) bond motifs is 1. The van der Waals surface area contributed by atoms with Crippen molar-refractivity contribution >= 4 is 16.7 Å². The first kappa shape index (κ1) is 13.7. The zero-order valence-corrected chi connectivity index (χ0v) is 10.8. The molecule has 0 atom stereocenters. The third kappa shape index (κ3) is 3.17. The highest BCUT2D eigenvalue weighted by molar-refractivity contribution is 5.81. The highest BCUT2D eigenvalue weighted by atomic mass is 19.3. The summed E-state index contributed by atoms with van der Waals surface area (Å²) < 4.78 is 25.3. The number of nitrogens with two attached hydrogens (primary N) is 1. The van der Waals surface area contributed by atoms with E-state index in [1.165, 1.54) is 0 Å². The second-order valence-corrected chi connectivity index (χ2v) is 4.45. The molecular weight excluding hydrogens is 248 g/mol. The lowest BCUT2D eigenvalue weighted by Gasteiger charge is -2.24. The molecule has 0 radical (unpaired) electrons. The lowest BCUT2D eigenvalue weighted by Crippen LogP contribution is -2.34. The molecule has 2 N–H and O–H groups in total. The van der Waals surface area contributed by atoms with Gasteiger partial charge in [0.25, 0.3) is 6.43 Å². The van der Waals surface area contributed by atoms with Gasteiger partial charge in [0.05, 0.1) is 12.1 Å². The van der Waals surface area contributed by atoms with Crippen molar-refractivity contribution in [3.05, 3.63) is 35.9 Å². The summed E-state index contributed by atoms with van der Waals surface area (Å²) in [4.78, 5) is 6.03. The second kappa shape index (κ2) is 5.93. The Morgan fingerprint density at radius 1 is 1.32 bits per heavy atom. The molecule has 0 aliphatic heterocycles. The van der Waals surface area contributed by atoms with Gasteiger partial charge in [-0.25, -0.2) is 13.8 Å². The van der Waals surface area contributed by atoms with E-state index < -0.39 is 6.43 Å². The Morgan fingerprint density at radius 2 is 2.05 bits per heavy atom. The Bertz CT molecular complexity index is 557. The lowest BCUT2D eigenvalue weighted by atomic mass is 10.1. The zero-order chi connectivity index (χ0) is 13.8. The van der Waals surface area contributed by atoms with Crippen LogP contribution in [0.2, 0.25) is 0 Å². The van der Waals surface area contributed by atoms with E-state index in [0.29, 0.717) is 18.9 Å². The molecule has 3 nitrogen and oxygen atoms in total. The van der Waals surface area contributed by atoms with Gasteiger partial charge in [0.15, 0.2) is 0 Å². The Morgan fingerprint density at radius 3 is 2.74 bits per heavy atom. The number of anilines is 1. The molecule has 2 rings (SSSR count). The van der Waals surface area contributed by atoms with Crippen molar-refractivity contribution in [1.82, 2.24) is 4.98 Å². The van der Waals surface area contributed by atoms with Crippen LogP contribution < -0.4 is 10.6 Å². The number of benzene rings is 1. The summed E-state index contributed by atoms with van der Waals surface area (Å²) in [7, 11) is 0. The quantitative estimate of drug-likeness (QED) is 0.903. The van der Waals surface area contributed by atoms with Crippen molar-refractivity contribution in [2.24, 2.45) is 5.73 Å². The molecule has 2 aromatic rings. The summed E-state index contributed by atoms with van der Waals surface area (Å²) in [6.07, 6.45) is -2.40. The lowest BCUT2D eigenvalue weighted by molar-refractivity contribution is 0.154. The van der Waals surface area contributed by atoms with Crippen molar-refractivity contribution in [3.8, 4) is 0 Å². The van der Waals surface area contributed by atoms with E-state index in [1.54, 1.807) is 4.90 Å². The van der Waals surface area contributed by atoms with Gasteiger partial charge in [-0.05, 0) is 24.6 Å². The SMILES string of the molecule is Cc1cc2ccccc2nc1N(CCN)CC(F)F. The molecule has 1 aromatic carbocycles. The van der Waals surface area contributed by atoms with E-state index in [1.807, 2.05) is 37.3 Å². The van der Waals surface area contributed by atoms with Crippen LogP contribution in [0.5, 0.6) is 0 Å². The molecule has 0 fully saturated rings. The molecule has 0 aliphatic rings. The van der Waals surface area contributed by atoms with Crippen LogP contribution in [-0.4, -0.2) is 31.0 Å². The summed E-state index contributed by atoms with van der Waals surface area (Å²) in [6, 6.07) is 9.61. The highest BCUT2D eigenvalue weighted by Gasteiger charge is 2.16. The molecule has 1 heterocycles. The molecule has 5 heteroatoms. The number of aryl methyl sites for hydroxylation is 1. The predicted molar refractivity (Wildman–Crippen MR) is 73.8 cm³/mol. The number of nitrogens with zero attached hydrogens (tertiary/aromatic N) is 2. The largest absolute Gasteiger partial charge is 0.349 e. The van der Waals surface area contributed by atoms with E-state index >= 15 is 0 Å². The predicted octanol–water partition coefficient (Wildman–Crippen LogP) is 2.57. The number of rotatable bonds is 5.